The average Bonchev–Trinajstić information content (AvgIpc) is 3.18. The Kier molecular flexibility index (Phi) is 5.37. The molecule has 3 heterocycles. The van der Waals surface area contributed by atoms with Crippen LogP contribution in [0.25, 0.3) is 6.08 Å². The zero-order valence-electron chi connectivity index (χ0n) is 14.7. The second kappa shape index (κ2) is 7.33. The van der Waals surface area contributed by atoms with Crippen molar-refractivity contribution in [2.45, 2.75) is 51.2 Å². The number of carbonyl (C=O) groups is 1. The summed E-state index contributed by atoms with van der Waals surface area (Å²) in [6.45, 7) is 9.89. The van der Waals surface area contributed by atoms with E-state index in [4.69, 9.17) is 4.74 Å². The first kappa shape index (κ1) is 17.6. The van der Waals surface area contributed by atoms with Crippen LogP contribution in [0.5, 0.6) is 0 Å². The summed E-state index contributed by atoms with van der Waals surface area (Å²) in [5.74, 6) is -0.0761. The van der Waals surface area contributed by atoms with Crippen molar-refractivity contribution < 1.29 is 9.53 Å². The Balaban J connectivity index is 1.44. The maximum Gasteiger partial charge on any atom is 0.244 e. The second-order valence-corrected chi connectivity index (χ2v) is 8.70. The Morgan fingerprint density at radius 1 is 1.54 bits per heavy atom. The maximum atomic E-state index is 12.0. The van der Waals surface area contributed by atoms with Crippen molar-refractivity contribution in [3.05, 3.63) is 22.2 Å². The molecule has 1 aromatic rings. The zero-order chi connectivity index (χ0) is 17.2. The molecule has 0 radical (unpaired) electrons. The third-order valence-electron chi connectivity index (χ3n) is 4.53. The number of morpholine rings is 1. The fourth-order valence-electron chi connectivity index (χ4n) is 3.15. The highest BCUT2D eigenvalue weighted by atomic mass is 32.1. The smallest absolute Gasteiger partial charge is 0.244 e. The quantitative estimate of drug-likeness (QED) is 0.849. The normalized spacial score (nSPS) is 25.1. The molecule has 0 bridgehead atoms. The van der Waals surface area contributed by atoms with Gasteiger partial charge in [0.05, 0.1) is 17.7 Å². The molecule has 0 aliphatic carbocycles. The number of rotatable bonds is 4. The molecule has 2 atom stereocenters. The van der Waals surface area contributed by atoms with Crippen LogP contribution in [0, 0.1) is 0 Å². The van der Waals surface area contributed by atoms with Gasteiger partial charge in [-0.05, 0) is 25.5 Å². The van der Waals surface area contributed by atoms with Crippen LogP contribution in [0.15, 0.2) is 12.3 Å². The van der Waals surface area contributed by atoms with Crippen LogP contribution in [-0.2, 0) is 14.9 Å². The SMILES string of the molecule is CC(C)(C)c1ncc(/C=C\C(=O)NC[C@@H]2CN3CCC[C@@H]3CO2)s1. The standard InChI is InChI=1S/C18H27N3O2S/c1-18(2,3)17-20-10-15(24-17)6-7-16(22)19-9-14-11-21-8-4-5-13(21)12-23-14/h6-7,10,13-14H,4-5,8-9,11-12H2,1-3H3,(H,19,22)/b7-6-/t13-,14-/m1/s1. The number of ether oxygens (including phenoxy) is 1. The molecule has 2 fully saturated rings. The first-order chi connectivity index (χ1) is 11.4. The minimum absolute atomic E-state index is 0.0464. The Hall–Kier alpha value is -1.24. The number of fused-ring (bicyclic) bond motifs is 1. The van der Waals surface area contributed by atoms with Gasteiger partial charge < -0.3 is 10.1 Å². The minimum atomic E-state index is -0.0761. The summed E-state index contributed by atoms with van der Waals surface area (Å²) < 4.78 is 5.86. The van der Waals surface area contributed by atoms with E-state index in [0.717, 1.165) is 23.0 Å². The minimum Gasteiger partial charge on any atom is -0.373 e. The molecule has 0 spiro atoms. The highest BCUT2D eigenvalue weighted by molar-refractivity contribution is 7.12. The third-order valence-corrected chi connectivity index (χ3v) is 5.92. The summed E-state index contributed by atoms with van der Waals surface area (Å²) in [6, 6.07) is 0.597. The summed E-state index contributed by atoms with van der Waals surface area (Å²) in [6.07, 6.45) is 7.86. The molecular formula is C18H27N3O2S. The number of hydrogen-bond acceptors (Lipinski definition) is 5. The highest BCUT2D eigenvalue weighted by Gasteiger charge is 2.32. The molecule has 2 aliphatic heterocycles. The number of thiazole rings is 1. The lowest BCUT2D eigenvalue weighted by Gasteiger charge is -2.35. The van der Waals surface area contributed by atoms with E-state index < -0.39 is 0 Å². The molecule has 1 aromatic heterocycles. The molecule has 1 N–H and O–H groups in total. The molecule has 2 saturated heterocycles. The fourth-order valence-corrected chi connectivity index (χ4v) is 4.03. The second-order valence-electron chi connectivity index (χ2n) is 7.64. The van der Waals surface area contributed by atoms with Gasteiger partial charge >= 0.3 is 0 Å². The number of amides is 1. The van der Waals surface area contributed by atoms with Crippen LogP contribution in [0.3, 0.4) is 0 Å². The molecule has 1 amide bonds. The summed E-state index contributed by atoms with van der Waals surface area (Å²) in [7, 11) is 0. The average molecular weight is 350 g/mol. The van der Waals surface area contributed by atoms with Gasteiger partial charge in [0.1, 0.15) is 0 Å². The number of nitrogens with zero attached hydrogens (tertiary/aromatic N) is 2. The fraction of sp³-hybridized carbons (Fsp3) is 0.667. The molecule has 0 saturated carbocycles. The van der Waals surface area contributed by atoms with Crippen molar-refractivity contribution >= 4 is 23.3 Å². The largest absolute Gasteiger partial charge is 0.373 e. The van der Waals surface area contributed by atoms with E-state index in [1.54, 1.807) is 17.4 Å². The van der Waals surface area contributed by atoms with E-state index >= 15 is 0 Å². The van der Waals surface area contributed by atoms with Crippen molar-refractivity contribution in [3.63, 3.8) is 0 Å². The highest BCUT2D eigenvalue weighted by Crippen LogP contribution is 2.27. The number of hydrogen-bond donors (Lipinski definition) is 1. The molecule has 6 heteroatoms. The van der Waals surface area contributed by atoms with Gasteiger partial charge in [-0.3, -0.25) is 9.69 Å². The van der Waals surface area contributed by atoms with E-state index in [1.807, 2.05) is 12.3 Å². The van der Waals surface area contributed by atoms with E-state index in [1.165, 1.54) is 19.4 Å². The lowest BCUT2D eigenvalue weighted by Crippen LogP contribution is -2.49. The molecule has 2 aliphatic rings. The van der Waals surface area contributed by atoms with E-state index in [9.17, 15) is 4.79 Å². The Morgan fingerprint density at radius 2 is 2.38 bits per heavy atom. The topological polar surface area (TPSA) is 54.5 Å². The first-order valence-electron chi connectivity index (χ1n) is 8.70. The van der Waals surface area contributed by atoms with Gasteiger partial charge in [0.2, 0.25) is 5.91 Å². The van der Waals surface area contributed by atoms with Crippen LogP contribution in [0.4, 0.5) is 0 Å². The van der Waals surface area contributed by atoms with E-state index in [2.05, 4.69) is 36.0 Å². The predicted octanol–water partition coefficient (Wildman–Crippen LogP) is 2.43. The summed E-state index contributed by atoms with van der Waals surface area (Å²) in [5.41, 5.74) is 0.0464. The number of nitrogens with one attached hydrogen (secondary N) is 1. The van der Waals surface area contributed by atoms with Gasteiger partial charge in [-0.1, -0.05) is 20.8 Å². The third kappa shape index (κ3) is 4.43. The van der Waals surface area contributed by atoms with E-state index in [-0.39, 0.29) is 17.4 Å². The number of carbonyl (C=O) groups excluding carboxylic acids is 1. The number of aromatic nitrogens is 1. The van der Waals surface area contributed by atoms with Gasteiger partial charge in [-0.2, -0.15) is 0 Å². The molecule has 132 valence electrons. The zero-order valence-corrected chi connectivity index (χ0v) is 15.6. The molecular weight excluding hydrogens is 322 g/mol. The Bertz CT molecular complexity index is 606. The first-order valence-corrected chi connectivity index (χ1v) is 9.51. The van der Waals surface area contributed by atoms with Crippen LogP contribution in [0.1, 0.15) is 43.5 Å². The summed E-state index contributed by atoms with van der Waals surface area (Å²) in [4.78, 5) is 19.9. The summed E-state index contributed by atoms with van der Waals surface area (Å²) >= 11 is 1.63. The van der Waals surface area contributed by atoms with Gasteiger partial charge in [0.25, 0.3) is 0 Å². The summed E-state index contributed by atoms with van der Waals surface area (Å²) in [5, 5.41) is 4.03. The van der Waals surface area contributed by atoms with Crippen LogP contribution in [0.2, 0.25) is 0 Å². The monoisotopic (exact) mass is 349 g/mol. The van der Waals surface area contributed by atoms with Crippen molar-refractivity contribution in [3.8, 4) is 0 Å². The van der Waals surface area contributed by atoms with E-state index in [0.29, 0.717) is 12.6 Å². The van der Waals surface area contributed by atoms with Crippen molar-refractivity contribution in [2.75, 3.05) is 26.2 Å². The molecule has 24 heavy (non-hydrogen) atoms. The Morgan fingerprint density at radius 3 is 3.12 bits per heavy atom. The lowest BCUT2D eigenvalue weighted by atomic mass is 9.98. The molecule has 5 nitrogen and oxygen atoms in total. The Labute approximate surface area is 148 Å². The maximum absolute atomic E-state index is 12.0. The van der Waals surface area contributed by atoms with Crippen LogP contribution < -0.4 is 5.32 Å². The molecule has 0 aromatic carbocycles. The van der Waals surface area contributed by atoms with Crippen LogP contribution in [-0.4, -0.2) is 54.2 Å². The molecule has 3 rings (SSSR count). The van der Waals surface area contributed by atoms with Gasteiger partial charge in [-0.25, -0.2) is 4.98 Å². The van der Waals surface area contributed by atoms with Gasteiger partial charge in [0, 0.05) is 41.7 Å². The van der Waals surface area contributed by atoms with Crippen molar-refractivity contribution in [1.29, 1.82) is 0 Å². The molecule has 0 unspecified atom stereocenters. The van der Waals surface area contributed by atoms with Gasteiger partial charge in [0.15, 0.2) is 0 Å². The van der Waals surface area contributed by atoms with Crippen molar-refractivity contribution in [1.82, 2.24) is 15.2 Å². The van der Waals surface area contributed by atoms with Crippen molar-refractivity contribution in [2.24, 2.45) is 0 Å². The predicted molar refractivity (Wildman–Crippen MR) is 97.2 cm³/mol. The van der Waals surface area contributed by atoms with Gasteiger partial charge in [-0.15, -0.1) is 11.3 Å². The van der Waals surface area contributed by atoms with Crippen LogP contribution >= 0.6 is 11.3 Å². The lowest BCUT2D eigenvalue weighted by molar-refractivity contribution is -0.117.